The molecule has 0 bridgehead atoms. The van der Waals surface area contributed by atoms with Crippen LogP contribution in [0.5, 0.6) is 0 Å². The molecular weight excluding hydrogens is 422 g/mol. The number of aryl methyl sites for hydroxylation is 1. The van der Waals surface area contributed by atoms with Gasteiger partial charge in [0, 0.05) is 31.3 Å². The number of ether oxygens (including phenoxy) is 1. The lowest BCUT2D eigenvalue weighted by atomic mass is 9.91. The molecule has 3 aromatic rings. The number of hydrogen-bond acceptors (Lipinski definition) is 7. The van der Waals surface area contributed by atoms with Crippen molar-refractivity contribution in [3.05, 3.63) is 71.7 Å². The zero-order chi connectivity index (χ0) is 22.7. The summed E-state index contributed by atoms with van der Waals surface area (Å²) in [5, 5.41) is 15.5. The molecule has 1 unspecified atom stereocenters. The molecule has 1 atom stereocenters. The summed E-state index contributed by atoms with van der Waals surface area (Å²) < 4.78 is 40.2. The van der Waals surface area contributed by atoms with Crippen molar-refractivity contribution < 1.29 is 27.8 Å². The summed E-state index contributed by atoms with van der Waals surface area (Å²) in [6, 6.07) is 6.40. The van der Waals surface area contributed by atoms with Crippen LogP contribution in [0.25, 0.3) is 0 Å². The fraction of sp³-hybridized carbons (Fsp3) is 0.409. The zero-order valence-corrected chi connectivity index (χ0v) is 17.6. The van der Waals surface area contributed by atoms with E-state index < -0.39 is 23.2 Å². The molecule has 4 rings (SSSR count). The molecule has 170 valence electrons. The molecule has 1 saturated heterocycles. The standard InChI is InChI=1S/C22H24F2N4O4/c1-15-2-5-20(31-15)21(29)32-17-6-8-27(9-7-17)11-22(30,12-28-14-25-13-26-28)18-4-3-16(23)10-19(18)24/h2-5,10,13-14,17,30H,6-9,11-12H2,1H3. The van der Waals surface area contributed by atoms with E-state index in [0.717, 1.165) is 12.1 Å². The topological polar surface area (TPSA) is 93.6 Å². The molecule has 0 saturated carbocycles. The number of aliphatic hydroxyl groups is 1. The Balaban J connectivity index is 1.42. The van der Waals surface area contributed by atoms with Crippen molar-refractivity contribution in [2.75, 3.05) is 19.6 Å². The Hall–Kier alpha value is -3.11. The minimum atomic E-state index is -1.67. The summed E-state index contributed by atoms with van der Waals surface area (Å²) in [5.41, 5.74) is -1.68. The van der Waals surface area contributed by atoms with Crippen molar-refractivity contribution in [3.8, 4) is 0 Å². The minimum absolute atomic E-state index is 0.0175. The van der Waals surface area contributed by atoms with Crippen LogP contribution in [0.3, 0.4) is 0 Å². The number of likely N-dealkylation sites (tertiary alicyclic amines) is 1. The van der Waals surface area contributed by atoms with Gasteiger partial charge in [-0.05, 0) is 38.0 Å². The third-order valence-electron chi connectivity index (χ3n) is 5.56. The SMILES string of the molecule is Cc1ccc(C(=O)OC2CCN(CC(O)(Cn3cncn3)c3ccc(F)cc3F)CC2)o1. The molecular formula is C22H24F2N4O4. The molecule has 1 N–H and O–H groups in total. The number of carbonyl (C=O) groups is 1. The maximum Gasteiger partial charge on any atom is 0.374 e. The van der Waals surface area contributed by atoms with E-state index in [1.54, 1.807) is 19.1 Å². The smallest absolute Gasteiger partial charge is 0.374 e. The van der Waals surface area contributed by atoms with Crippen LogP contribution in [0.1, 0.15) is 34.7 Å². The summed E-state index contributed by atoms with van der Waals surface area (Å²) in [4.78, 5) is 18.0. The van der Waals surface area contributed by atoms with Gasteiger partial charge >= 0.3 is 5.97 Å². The first-order chi connectivity index (χ1) is 15.3. The van der Waals surface area contributed by atoms with Crippen LogP contribution in [0, 0.1) is 18.6 Å². The van der Waals surface area contributed by atoms with E-state index >= 15 is 0 Å². The van der Waals surface area contributed by atoms with E-state index in [0.29, 0.717) is 31.7 Å². The van der Waals surface area contributed by atoms with Crippen LogP contribution in [0.2, 0.25) is 0 Å². The van der Waals surface area contributed by atoms with Crippen molar-refractivity contribution in [3.63, 3.8) is 0 Å². The normalized spacial score (nSPS) is 17.2. The Morgan fingerprint density at radius 3 is 2.66 bits per heavy atom. The minimum Gasteiger partial charge on any atom is -0.456 e. The van der Waals surface area contributed by atoms with Crippen molar-refractivity contribution in [1.29, 1.82) is 0 Å². The summed E-state index contributed by atoms with van der Waals surface area (Å²) in [6.45, 7) is 2.84. The first-order valence-electron chi connectivity index (χ1n) is 10.3. The van der Waals surface area contributed by atoms with Crippen LogP contribution in [0.4, 0.5) is 8.78 Å². The van der Waals surface area contributed by atoms with Gasteiger partial charge in [0.1, 0.15) is 41.8 Å². The number of nitrogens with zero attached hydrogens (tertiary/aromatic N) is 4. The molecule has 0 spiro atoms. The molecule has 1 aliphatic heterocycles. The zero-order valence-electron chi connectivity index (χ0n) is 17.6. The maximum absolute atomic E-state index is 14.6. The Morgan fingerprint density at radius 2 is 2.03 bits per heavy atom. The van der Waals surface area contributed by atoms with Gasteiger partial charge in [0.25, 0.3) is 0 Å². The number of esters is 1. The van der Waals surface area contributed by atoms with Crippen molar-refractivity contribution >= 4 is 5.97 Å². The average molecular weight is 446 g/mol. The molecule has 1 aliphatic rings. The van der Waals surface area contributed by atoms with Gasteiger partial charge in [0.2, 0.25) is 5.76 Å². The maximum atomic E-state index is 14.6. The van der Waals surface area contributed by atoms with Gasteiger partial charge in [0.15, 0.2) is 0 Å². The summed E-state index contributed by atoms with van der Waals surface area (Å²) >= 11 is 0. The Kier molecular flexibility index (Phi) is 6.33. The molecule has 0 aliphatic carbocycles. The third kappa shape index (κ3) is 5.03. The number of furan rings is 1. The highest BCUT2D eigenvalue weighted by atomic mass is 19.1. The number of β-amino-alcohol motifs (C(OH)–C–C–N with tert-alkyl or cyclic N) is 1. The van der Waals surface area contributed by atoms with Crippen LogP contribution < -0.4 is 0 Å². The third-order valence-corrected chi connectivity index (χ3v) is 5.56. The Bertz CT molecular complexity index is 1060. The van der Waals surface area contributed by atoms with Crippen LogP contribution in [0.15, 0.2) is 47.4 Å². The Morgan fingerprint density at radius 1 is 1.25 bits per heavy atom. The van der Waals surface area contributed by atoms with Gasteiger partial charge in [-0.25, -0.2) is 23.2 Å². The second kappa shape index (κ2) is 9.17. The summed E-state index contributed by atoms with van der Waals surface area (Å²) in [7, 11) is 0. The molecule has 3 heterocycles. The highest BCUT2D eigenvalue weighted by Crippen LogP contribution is 2.29. The monoisotopic (exact) mass is 446 g/mol. The van der Waals surface area contributed by atoms with E-state index in [2.05, 4.69) is 10.1 Å². The first kappa shape index (κ1) is 22.1. The van der Waals surface area contributed by atoms with Crippen LogP contribution in [-0.2, 0) is 16.9 Å². The average Bonchev–Trinajstić information content (AvgIpc) is 3.41. The van der Waals surface area contributed by atoms with Crippen molar-refractivity contribution in [2.24, 2.45) is 0 Å². The van der Waals surface area contributed by atoms with Crippen molar-refractivity contribution in [1.82, 2.24) is 19.7 Å². The number of piperidine rings is 1. The van der Waals surface area contributed by atoms with E-state index in [-0.39, 0.29) is 30.5 Å². The molecule has 1 fully saturated rings. The second-order valence-electron chi connectivity index (χ2n) is 8.04. The predicted molar refractivity (Wildman–Crippen MR) is 109 cm³/mol. The Labute approximate surface area is 183 Å². The molecule has 0 radical (unpaired) electrons. The van der Waals surface area contributed by atoms with Crippen molar-refractivity contribution in [2.45, 2.75) is 38.0 Å². The molecule has 8 nitrogen and oxygen atoms in total. The lowest BCUT2D eigenvalue weighted by Crippen LogP contribution is -2.48. The molecule has 10 heteroatoms. The predicted octanol–water partition coefficient (Wildman–Crippen LogP) is 2.67. The summed E-state index contributed by atoms with van der Waals surface area (Å²) in [6.07, 6.45) is 3.57. The van der Waals surface area contributed by atoms with E-state index in [9.17, 15) is 18.7 Å². The van der Waals surface area contributed by atoms with Gasteiger partial charge in [-0.2, -0.15) is 5.10 Å². The number of halogens is 2. The molecule has 2 aromatic heterocycles. The highest BCUT2D eigenvalue weighted by molar-refractivity contribution is 5.86. The number of carbonyl (C=O) groups excluding carboxylic acids is 1. The van der Waals surface area contributed by atoms with Crippen LogP contribution in [-0.4, -0.2) is 56.5 Å². The van der Waals surface area contributed by atoms with E-state index in [1.807, 2.05) is 4.90 Å². The summed E-state index contributed by atoms with van der Waals surface area (Å²) in [5.74, 6) is -1.26. The van der Waals surface area contributed by atoms with Gasteiger partial charge < -0.3 is 14.3 Å². The molecule has 1 aromatic carbocycles. The van der Waals surface area contributed by atoms with Gasteiger partial charge in [-0.1, -0.05) is 6.07 Å². The first-order valence-corrected chi connectivity index (χ1v) is 10.3. The number of hydrogen-bond donors (Lipinski definition) is 1. The van der Waals surface area contributed by atoms with E-state index in [1.165, 1.54) is 23.4 Å². The van der Waals surface area contributed by atoms with E-state index in [4.69, 9.17) is 9.15 Å². The number of aromatic nitrogens is 3. The number of benzene rings is 1. The van der Waals surface area contributed by atoms with Gasteiger partial charge in [-0.3, -0.25) is 4.90 Å². The largest absolute Gasteiger partial charge is 0.456 e. The highest BCUT2D eigenvalue weighted by Gasteiger charge is 2.37. The fourth-order valence-corrected chi connectivity index (χ4v) is 3.98. The molecule has 0 amide bonds. The lowest BCUT2D eigenvalue weighted by molar-refractivity contribution is -0.0401. The quantitative estimate of drug-likeness (QED) is 0.558. The second-order valence-corrected chi connectivity index (χ2v) is 8.04. The lowest BCUT2D eigenvalue weighted by Gasteiger charge is -2.38. The molecule has 32 heavy (non-hydrogen) atoms. The fourth-order valence-electron chi connectivity index (χ4n) is 3.98. The number of rotatable bonds is 7. The van der Waals surface area contributed by atoms with Gasteiger partial charge in [-0.15, -0.1) is 0 Å². The van der Waals surface area contributed by atoms with Gasteiger partial charge in [0.05, 0.1) is 6.54 Å². The van der Waals surface area contributed by atoms with Crippen LogP contribution >= 0.6 is 0 Å².